The van der Waals surface area contributed by atoms with Crippen molar-refractivity contribution in [3.05, 3.63) is 28.7 Å². The van der Waals surface area contributed by atoms with Gasteiger partial charge in [0.1, 0.15) is 0 Å². The first-order chi connectivity index (χ1) is 9.15. The summed E-state index contributed by atoms with van der Waals surface area (Å²) in [6.07, 6.45) is 1.37. The van der Waals surface area contributed by atoms with Crippen LogP contribution in [0, 0.1) is 5.92 Å². The molecular formula is C14H19BrN2O2. The van der Waals surface area contributed by atoms with E-state index in [1.54, 1.807) is 0 Å². The third-order valence-corrected chi connectivity index (χ3v) is 3.88. The number of amides is 1. The highest BCUT2D eigenvalue weighted by Crippen LogP contribution is 2.19. The third-order valence-electron chi connectivity index (χ3n) is 3.35. The summed E-state index contributed by atoms with van der Waals surface area (Å²) in [5.41, 5.74) is 0.813. The number of benzene rings is 1. The summed E-state index contributed by atoms with van der Waals surface area (Å²) in [5.74, 6) is 0.495. The van der Waals surface area contributed by atoms with E-state index < -0.39 is 0 Å². The number of anilines is 1. The molecule has 4 nitrogen and oxygen atoms in total. The van der Waals surface area contributed by atoms with Gasteiger partial charge in [-0.1, -0.05) is 15.9 Å². The number of carbonyl (C=O) groups is 1. The van der Waals surface area contributed by atoms with E-state index in [1.165, 1.54) is 0 Å². The maximum Gasteiger partial charge on any atom is 0.238 e. The summed E-state index contributed by atoms with van der Waals surface area (Å²) in [6.45, 7) is 4.08. The molecule has 0 radical (unpaired) electrons. The van der Waals surface area contributed by atoms with Crippen LogP contribution in [0.25, 0.3) is 0 Å². The van der Waals surface area contributed by atoms with E-state index in [1.807, 2.05) is 24.3 Å². The Bertz CT molecular complexity index is 422. The van der Waals surface area contributed by atoms with Gasteiger partial charge >= 0.3 is 0 Å². The van der Waals surface area contributed by atoms with Gasteiger partial charge < -0.3 is 15.4 Å². The molecule has 1 aliphatic rings. The summed E-state index contributed by atoms with van der Waals surface area (Å²) < 4.78 is 6.48. The van der Waals surface area contributed by atoms with Crippen LogP contribution in [0.1, 0.15) is 13.3 Å². The molecule has 5 heteroatoms. The Kier molecular flexibility index (Phi) is 5.36. The predicted octanol–water partition coefficient (Wildman–Crippen LogP) is 2.40. The zero-order chi connectivity index (χ0) is 13.7. The van der Waals surface area contributed by atoms with E-state index in [0.29, 0.717) is 18.6 Å². The lowest BCUT2D eigenvalue weighted by Gasteiger charge is -2.14. The van der Waals surface area contributed by atoms with Crippen LogP contribution in [0.3, 0.4) is 0 Å². The van der Waals surface area contributed by atoms with E-state index in [9.17, 15) is 4.79 Å². The van der Waals surface area contributed by atoms with Crippen molar-refractivity contribution in [1.82, 2.24) is 5.32 Å². The fourth-order valence-corrected chi connectivity index (χ4v) is 2.42. The monoisotopic (exact) mass is 326 g/mol. The number of ether oxygens (including phenoxy) is 1. The molecular weight excluding hydrogens is 308 g/mol. The van der Waals surface area contributed by atoms with Crippen LogP contribution in [0.5, 0.6) is 0 Å². The Labute approximate surface area is 122 Å². The summed E-state index contributed by atoms with van der Waals surface area (Å²) in [6, 6.07) is 7.55. The molecule has 2 unspecified atom stereocenters. The van der Waals surface area contributed by atoms with Gasteiger partial charge in [-0.05, 0) is 43.5 Å². The van der Waals surface area contributed by atoms with Crippen LogP contribution >= 0.6 is 15.9 Å². The third kappa shape index (κ3) is 4.60. The fraction of sp³-hybridized carbons (Fsp3) is 0.500. The van der Waals surface area contributed by atoms with Crippen molar-refractivity contribution in [3.63, 3.8) is 0 Å². The first-order valence-corrected chi connectivity index (χ1v) is 7.32. The molecule has 1 saturated heterocycles. The summed E-state index contributed by atoms with van der Waals surface area (Å²) in [7, 11) is 0. The maximum atomic E-state index is 11.7. The second-order valence-corrected chi connectivity index (χ2v) is 5.73. The zero-order valence-electron chi connectivity index (χ0n) is 11.0. The van der Waals surface area contributed by atoms with Crippen LogP contribution < -0.4 is 10.6 Å². The minimum absolute atomic E-state index is 0.0195. The molecule has 104 valence electrons. The van der Waals surface area contributed by atoms with Gasteiger partial charge in [-0.15, -0.1) is 0 Å². The van der Waals surface area contributed by atoms with Gasteiger partial charge in [0.05, 0.1) is 12.6 Å². The van der Waals surface area contributed by atoms with Crippen molar-refractivity contribution in [2.24, 2.45) is 5.92 Å². The van der Waals surface area contributed by atoms with Gasteiger partial charge in [-0.3, -0.25) is 4.79 Å². The first kappa shape index (κ1) is 14.5. The van der Waals surface area contributed by atoms with Crippen LogP contribution in [-0.4, -0.2) is 31.7 Å². The summed E-state index contributed by atoms with van der Waals surface area (Å²) >= 11 is 3.36. The molecule has 1 amide bonds. The van der Waals surface area contributed by atoms with E-state index >= 15 is 0 Å². The van der Waals surface area contributed by atoms with Crippen LogP contribution in [-0.2, 0) is 9.53 Å². The molecule has 1 fully saturated rings. The molecule has 1 aliphatic heterocycles. The smallest absolute Gasteiger partial charge is 0.238 e. The van der Waals surface area contributed by atoms with Crippen molar-refractivity contribution in [1.29, 1.82) is 0 Å². The van der Waals surface area contributed by atoms with E-state index in [4.69, 9.17) is 4.74 Å². The number of hydrogen-bond acceptors (Lipinski definition) is 3. The number of halogens is 1. The van der Waals surface area contributed by atoms with Gasteiger partial charge in [0.2, 0.25) is 5.91 Å². The molecule has 0 aliphatic carbocycles. The van der Waals surface area contributed by atoms with E-state index in [0.717, 1.165) is 29.7 Å². The lowest BCUT2D eigenvalue weighted by atomic mass is 10.0. The second-order valence-electron chi connectivity index (χ2n) is 4.81. The maximum absolute atomic E-state index is 11.7. The summed E-state index contributed by atoms with van der Waals surface area (Å²) in [5, 5.41) is 6.04. The Hall–Kier alpha value is -0.910. The molecule has 0 spiro atoms. The highest BCUT2D eigenvalue weighted by molar-refractivity contribution is 9.10. The molecule has 1 aromatic carbocycles. The fourth-order valence-electron chi connectivity index (χ4n) is 2.15. The highest BCUT2D eigenvalue weighted by Gasteiger charge is 2.23. The van der Waals surface area contributed by atoms with Gasteiger partial charge in [0.15, 0.2) is 0 Å². The lowest BCUT2D eigenvalue weighted by Crippen LogP contribution is -2.33. The van der Waals surface area contributed by atoms with Crippen LogP contribution in [0.2, 0.25) is 0 Å². The SMILES string of the molecule is CC1OCCC1CNCC(=O)Nc1ccc(Br)cc1. The Morgan fingerprint density at radius 1 is 1.42 bits per heavy atom. The molecule has 19 heavy (non-hydrogen) atoms. The molecule has 2 atom stereocenters. The van der Waals surface area contributed by atoms with Gasteiger partial charge in [-0.25, -0.2) is 0 Å². The normalized spacial score (nSPS) is 22.4. The number of carbonyl (C=O) groups excluding carboxylic acids is 1. The lowest BCUT2D eigenvalue weighted by molar-refractivity contribution is -0.115. The van der Waals surface area contributed by atoms with Gasteiger partial charge in [0.25, 0.3) is 0 Å². The average molecular weight is 327 g/mol. The van der Waals surface area contributed by atoms with Crippen molar-refractivity contribution in [2.45, 2.75) is 19.4 Å². The summed E-state index contributed by atoms with van der Waals surface area (Å²) in [4.78, 5) is 11.7. The van der Waals surface area contributed by atoms with Crippen molar-refractivity contribution in [2.75, 3.05) is 25.0 Å². The van der Waals surface area contributed by atoms with Crippen molar-refractivity contribution in [3.8, 4) is 0 Å². The zero-order valence-corrected chi connectivity index (χ0v) is 12.6. The Morgan fingerprint density at radius 2 is 2.16 bits per heavy atom. The first-order valence-electron chi connectivity index (χ1n) is 6.53. The van der Waals surface area contributed by atoms with Crippen molar-refractivity contribution < 1.29 is 9.53 Å². The number of hydrogen-bond donors (Lipinski definition) is 2. The molecule has 1 aromatic rings. The number of nitrogens with one attached hydrogen (secondary N) is 2. The van der Waals surface area contributed by atoms with Crippen molar-refractivity contribution >= 4 is 27.5 Å². The molecule has 1 heterocycles. The van der Waals surface area contributed by atoms with Crippen LogP contribution in [0.15, 0.2) is 28.7 Å². The topological polar surface area (TPSA) is 50.4 Å². The predicted molar refractivity (Wildman–Crippen MR) is 79.2 cm³/mol. The standard InChI is InChI=1S/C14H19BrN2O2/c1-10-11(6-7-19-10)8-16-9-14(18)17-13-4-2-12(15)3-5-13/h2-5,10-11,16H,6-9H2,1H3,(H,17,18). The highest BCUT2D eigenvalue weighted by atomic mass is 79.9. The minimum atomic E-state index is -0.0195. The minimum Gasteiger partial charge on any atom is -0.378 e. The molecule has 0 bridgehead atoms. The van der Waals surface area contributed by atoms with Gasteiger partial charge in [-0.2, -0.15) is 0 Å². The van der Waals surface area contributed by atoms with Gasteiger partial charge in [0, 0.05) is 23.3 Å². The van der Waals surface area contributed by atoms with E-state index in [-0.39, 0.29) is 5.91 Å². The Morgan fingerprint density at radius 3 is 2.79 bits per heavy atom. The molecule has 0 saturated carbocycles. The molecule has 0 aromatic heterocycles. The molecule has 2 rings (SSSR count). The quantitative estimate of drug-likeness (QED) is 0.873. The second kappa shape index (κ2) is 7.03. The average Bonchev–Trinajstić information content (AvgIpc) is 2.78. The van der Waals surface area contributed by atoms with E-state index in [2.05, 4.69) is 33.5 Å². The largest absolute Gasteiger partial charge is 0.378 e. The Balaban J connectivity index is 1.68. The van der Waals surface area contributed by atoms with Crippen LogP contribution in [0.4, 0.5) is 5.69 Å². The number of rotatable bonds is 5. The molecule has 2 N–H and O–H groups in total.